The zero-order valence-electron chi connectivity index (χ0n) is 15.4. The zero-order valence-corrected chi connectivity index (χ0v) is 16.3. The molecule has 0 radical (unpaired) electrons. The van der Waals surface area contributed by atoms with Crippen LogP contribution < -0.4 is 10.4 Å². The first-order valence-corrected chi connectivity index (χ1v) is 9.31. The van der Waals surface area contributed by atoms with Gasteiger partial charge < -0.3 is 14.2 Å². The molecule has 134 valence electrons. The maximum absolute atomic E-state index is 12.6. The third-order valence-electron chi connectivity index (χ3n) is 6.35. The fraction of sp³-hybridized carbons (Fsp3) is 0.611. The van der Waals surface area contributed by atoms with Gasteiger partial charge >= 0.3 is 13.1 Å². The number of nitrogens with zero attached hydrogens (tertiary/aromatic N) is 2. The first kappa shape index (κ1) is 17.2. The average Bonchev–Trinajstić information content (AvgIpc) is 3.28. The van der Waals surface area contributed by atoms with Crippen molar-refractivity contribution >= 4 is 36.9 Å². The van der Waals surface area contributed by atoms with E-state index in [4.69, 9.17) is 21.9 Å². The summed E-state index contributed by atoms with van der Waals surface area (Å²) >= 11 is 4.73. The van der Waals surface area contributed by atoms with Crippen LogP contribution in [-0.2, 0) is 9.31 Å². The largest absolute Gasteiger partial charge is 0.494 e. The van der Waals surface area contributed by atoms with Crippen LogP contribution in [0.5, 0.6) is 0 Å². The Kier molecular flexibility index (Phi) is 3.57. The van der Waals surface area contributed by atoms with E-state index in [9.17, 15) is 4.79 Å². The highest BCUT2D eigenvalue weighted by Gasteiger charge is 2.62. The van der Waals surface area contributed by atoms with E-state index in [0.717, 1.165) is 24.0 Å². The summed E-state index contributed by atoms with van der Waals surface area (Å²) in [6.07, 6.45) is 2.04. The molecule has 0 N–H and O–H groups in total. The van der Waals surface area contributed by atoms with Crippen molar-refractivity contribution < 1.29 is 14.1 Å². The maximum Gasteiger partial charge on any atom is 0.494 e. The Labute approximate surface area is 155 Å². The van der Waals surface area contributed by atoms with Crippen LogP contribution in [0.1, 0.15) is 40.5 Å². The number of hydrogen-bond donors (Lipinski definition) is 1. The lowest BCUT2D eigenvalue weighted by molar-refractivity contribution is 0.00578. The van der Waals surface area contributed by atoms with Gasteiger partial charge in [-0.1, -0.05) is 12.1 Å². The monoisotopic (exact) mass is 360 g/mol. The van der Waals surface area contributed by atoms with Gasteiger partial charge in [0.25, 0.3) is 0 Å². The molecule has 1 spiro atoms. The number of likely N-dealkylation sites (N-methyl/N-ethyl adjacent to an activating group) is 1. The minimum atomic E-state index is -0.391. The van der Waals surface area contributed by atoms with Crippen molar-refractivity contribution in [3.8, 4) is 0 Å². The molecule has 1 saturated carbocycles. The maximum atomic E-state index is 12.6. The summed E-state index contributed by atoms with van der Waals surface area (Å²) in [6, 6.07) is 7.88. The number of thiol groups is 1. The molecule has 2 saturated heterocycles. The molecule has 4 rings (SSSR count). The van der Waals surface area contributed by atoms with Gasteiger partial charge in [-0.3, -0.25) is 4.90 Å². The van der Waals surface area contributed by atoms with E-state index in [1.54, 1.807) is 4.90 Å². The Balaban J connectivity index is 1.57. The number of benzene rings is 1. The van der Waals surface area contributed by atoms with Crippen molar-refractivity contribution in [2.24, 2.45) is 0 Å². The predicted octanol–water partition coefficient (Wildman–Crippen LogP) is 2.65. The van der Waals surface area contributed by atoms with Crippen molar-refractivity contribution in [3.63, 3.8) is 0 Å². The van der Waals surface area contributed by atoms with Gasteiger partial charge in [0.15, 0.2) is 0 Å². The third kappa shape index (κ3) is 2.36. The second kappa shape index (κ2) is 5.18. The summed E-state index contributed by atoms with van der Waals surface area (Å²) in [5, 5.41) is -0.104. The summed E-state index contributed by atoms with van der Waals surface area (Å²) in [6.45, 7) is 8.17. The van der Waals surface area contributed by atoms with Gasteiger partial charge in [-0.2, -0.15) is 12.6 Å². The number of urea groups is 1. The summed E-state index contributed by atoms with van der Waals surface area (Å²) in [5.74, 6) is 0. The highest BCUT2D eigenvalue weighted by molar-refractivity contribution is 7.81. The standard InChI is InChI=1S/C18H25BN2O3S/c1-16(2)17(3,4)24-19(23-16)12-6-8-13(9-7-12)21-14(25)18(10-11-18)20(5)15(21)22/h6-9,14,25H,10-11H2,1-5H3. The molecule has 5 nitrogen and oxygen atoms in total. The van der Waals surface area contributed by atoms with Crippen LogP contribution in [0.4, 0.5) is 10.5 Å². The molecule has 1 aromatic carbocycles. The fourth-order valence-corrected chi connectivity index (χ4v) is 4.28. The van der Waals surface area contributed by atoms with Crippen molar-refractivity contribution in [1.82, 2.24) is 4.90 Å². The lowest BCUT2D eigenvalue weighted by Crippen LogP contribution is -2.41. The zero-order chi connectivity index (χ0) is 18.2. The summed E-state index contributed by atoms with van der Waals surface area (Å²) < 4.78 is 12.2. The van der Waals surface area contributed by atoms with Crippen molar-refractivity contribution in [3.05, 3.63) is 24.3 Å². The van der Waals surface area contributed by atoms with Gasteiger partial charge in [-0.15, -0.1) is 0 Å². The first-order valence-electron chi connectivity index (χ1n) is 8.80. The van der Waals surface area contributed by atoms with Gasteiger partial charge in [0.05, 0.1) is 16.7 Å². The highest BCUT2D eigenvalue weighted by Crippen LogP contribution is 2.52. The molecule has 2 amide bonds. The number of anilines is 1. The van der Waals surface area contributed by atoms with Crippen molar-refractivity contribution in [2.75, 3.05) is 11.9 Å². The second-order valence-electron chi connectivity index (χ2n) is 8.37. The molecule has 0 aromatic heterocycles. The molecule has 7 heteroatoms. The minimum Gasteiger partial charge on any atom is -0.399 e. The summed E-state index contributed by atoms with van der Waals surface area (Å²) in [5.41, 5.74) is 1.00. The number of rotatable bonds is 2. The van der Waals surface area contributed by atoms with E-state index in [0.29, 0.717) is 0 Å². The Morgan fingerprint density at radius 2 is 1.60 bits per heavy atom. The van der Waals surface area contributed by atoms with Crippen molar-refractivity contribution in [2.45, 2.75) is 62.7 Å². The Morgan fingerprint density at radius 1 is 1.08 bits per heavy atom. The average molecular weight is 360 g/mol. The molecule has 2 heterocycles. The van der Waals surface area contributed by atoms with Crippen LogP contribution in [0.25, 0.3) is 0 Å². The molecule has 3 fully saturated rings. The predicted molar refractivity (Wildman–Crippen MR) is 103 cm³/mol. The lowest BCUT2D eigenvalue weighted by Gasteiger charge is -2.32. The number of hydrogen-bond acceptors (Lipinski definition) is 4. The van der Waals surface area contributed by atoms with Crippen LogP contribution in [0.3, 0.4) is 0 Å². The Hall–Kier alpha value is -1.18. The molecular formula is C18H25BN2O3S. The van der Waals surface area contributed by atoms with E-state index in [2.05, 4.69) is 0 Å². The number of amides is 2. The van der Waals surface area contributed by atoms with Gasteiger partial charge in [-0.05, 0) is 58.1 Å². The number of carbonyl (C=O) groups is 1. The molecule has 1 aliphatic carbocycles. The van der Waals surface area contributed by atoms with Gasteiger partial charge in [0.1, 0.15) is 5.37 Å². The molecule has 1 aromatic rings. The van der Waals surface area contributed by atoms with Gasteiger partial charge in [0.2, 0.25) is 0 Å². The van der Waals surface area contributed by atoms with Crippen LogP contribution in [0.15, 0.2) is 24.3 Å². The van der Waals surface area contributed by atoms with E-state index >= 15 is 0 Å². The minimum absolute atomic E-state index is 0.0147. The Bertz CT molecular complexity index is 702. The second-order valence-corrected chi connectivity index (χ2v) is 8.86. The van der Waals surface area contributed by atoms with Gasteiger partial charge in [-0.25, -0.2) is 4.79 Å². The van der Waals surface area contributed by atoms with Crippen LogP contribution in [0.2, 0.25) is 0 Å². The van der Waals surface area contributed by atoms with E-state index < -0.39 is 7.12 Å². The molecule has 25 heavy (non-hydrogen) atoms. The normalized spacial score (nSPS) is 29.0. The quantitative estimate of drug-likeness (QED) is 0.651. The molecule has 0 bridgehead atoms. The first-order chi connectivity index (χ1) is 11.6. The lowest BCUT2D eigenvalue weighted by atomic mass is 9.79. The van der Waals surface area contributed by atoms with Crippen molar-refractivity contribution in [1.29, 1.82) is 0 Å². The fourth-order valence-electron chi connectivity index (χ4n) is 3.61. The smallest absolute Gasteiger partial charge is 0.399 e. The molecular weight excluding hydrogens is 335 g/mol. The third-order valence-corrected chi connectivity index (χ3v) is 7.06. The van der Waals surface area contributed by atoms with E-state index in [1.165, 1.54) is 0 Å². The highest BCUT2D eigenvalue weighted by atomic mass is 32.1. The molecule has 1 unspecified atom stereocenters. The molecule has 3 aliphatic rings. The molecule has 1 atom stereocenters. The van der Waals surface area contributed by atoms with Crippen LogP contribution >= 0.6 is 12.6 Å². The van der Waals surface area contributed by atoms with Gasteiger partial charge in [0, 0.05) is 12.7 Å². The van der Waals surface area contributed by atoms with Crippen LogP contribution in [-0.4, -0.2) is 47.2 Å². The number of carbonyl (C=O) groups excluding carboxylic acids is 1. The molecule has 2 aliphatic heterocycles. The van der Waals surface area contributed by atoms with E-state index in [1.807, 2.05) is 63.9 Å². The summed E-state index contributed by atoms with van der Waals surface area (Å²) in [4.78, 5) is 16.3. The topological polar surface area (TPSA) is 42.0 Å². The van der Waals surface area contributed by atoms with Crippen LogP contribution in [0, 0.1) is 0 Å². The van der Waals surface area contributed by atoms with E-state index in [-0.39, 0.29) is 28.1 Å². The Morgan fingerprint density at radius 3 is 2.04 bits per heavy atom. The summed E-state index contributed by atoms with van der Waals surface area (Å²) in [7, 11) is 1.48. The SMILES string of the molecule is CN1C(=O)N(c2ccc(B3OC(C)(C)C(C)(C)O3)cc2)C(S)C12CC2.